The number of para-hydroxylation sites is 1. The van der Waals surface area contributed by atoms with Crippen molar-refractivity contribution in [2.45, 2.75) is 18.1 Å². The van der Waals surface area contributed by atoms with E-state index >= 15 is 0 Å². The first kappa shape index (κ1) is 13.2. The Balaban J connectivity index is 1.66. The van der Waals surface area contributed by atoms with Crippen molar-refractivity contribution in [1.29, 1.82) is 0 Å². The molecule has 1 aromatic heterocycles. The summed E-state index contributed by atoms with van der Waals surface area (Å²) in [6.07, 6.45) is 4.79. The molecule has 106 valence electrons. The first-order valence-electron chi connectivity index (χ1n) is 6.60. The average molecular weight is 292 g/mol. The van der Waals surface area contributed by atoms with E-state index in [-0.39, 0.29) is 17.6 Å². The second-order valence-electron chi connectivity index (χ2n) is 4.90. The van der Waals surface area contributed by atoms with Gasteiger partial charge in [-0.15, -0.1) is 0 Å². The second kappa shape index (κ2) is 5.28. The minimum absolute atomic E-state index is 0.211. The molecular formula is C14H16N2O3S. The van der Waals surface area contributed by atoms with Crippen LogP contribution in [0, 0.1) is 0 Å². The van der Waals surface area contributed by atoms with Crippen molar-refractivity contribution in [3.8, 4) is 11.4 Å². The van der Waals surface area contributed by atoms with E-state index in [4.69, 9.17) is 4.74 Å². The molecule has 0 amide bonds. The Bertz CT molecular complexity index is 679. The molecule has 1 fully saturated rings. The molecular weight excluding hydrogens is 276 g/mol. The topological polar surface area (TPSA) is 61.2 Å². The van der Waals surface area contributed by atoms with E-state index in [0.29, 0.717) is 12.2 Å². The Hall–Kier alpha value is -1.82. The van der Waals surface area contributed by atoms with E-state index < -0.39 is 9.84 Å². The normalized spacial score (nSPS) is 20.9. The molecule has 1 aliphatic heterocycles. The summed E-state index contributed by atoms with van der Waals surface area (Å²) in [4.78, 5) is 0. The number of nitrogens with zero attached hydrogens (tertiary/aromatic N) is 2. The predicted molar refractivity (Wildman–Crippen MR) is 75.9 cm³/mol. The van der Waals surface area contributed by atoms with E-state index in [1.807, 2.05) is 30.3 Å². The van der Waals surface area contributed by atoms with E-state index in [2.05, 4.69) is 5.10 Å². The van der Waals surface area contributed by atoms with Crippen LogP contribution in [0.4, 0.5) is 0 Å². The van der Waals surface area contributed by atoms with Crippen LogP contribution in [0.3, 0.4) is 0 Å². The molecule has 1 unspecified atom stereocenters. The molecule has 2 heterocycles. The maximum Gasteiger partial charge on any atom is 0.157 e. The Morgan fingerprint density at radius 1 is 1.30 bits per heavy atom. The van der Waals surface area contributed by atoms with Gasteiger partial charge in [-0.3, -0.25) is 0 Å². The van der Waals surface area contributed by atoms with Gasteiger partial charge in [-0.2, -0.15) is 5.10 Å². The first-order valence-corrected chi connectivity index (χ1v) is 8.31. The van der Waals surface area contributed by atoms with Gasteiger partial charge in [-0.05, 0) is 25.0 Å². The molecule has 0 bridgehead atoms. The maximum absolute atomic E-state index is 11.7. The van der Waals surface area contributed by atoms with Crippen LogP contribution in [0.1, 0.15) is 12.8 Å². The zero-order valence-corrected chi connectivity index (χ0v) is 11.8. The standard InChI is InChI=1S/C14H16N2O3S/c17-20(18)8-4-7-14(20)11-19-13-9-15-16(10-13)12-5-2-1-3-6-12/h1-3,5-6,9-10,14H,4,7-8,11H2. The smallest absolute Gasteiger partial charge is 0.157 e. The van der Waals surface area contributed by atoms with Crippen LogP contribution in [-0.4, -0.2) is 35.8 Å². The van der Waals surface area contributed by atoms with E-state index in [9.17, 15) is 8.42 Å². The van der Waals surface area contributed by atoms with Crippen LogP contribution < -0.4 is 4.74 Å². The molecule has 1 saturated heterocycles. The van der Waals surface area contributed by atoms with Gasteiger partial charge in [0, 0.05) is 0 Å². The van der Waals surface area contributed by atoms with Gasteiger partial charge in [-0.25, -0.2) is 13.1 Å². The van der Waals surface area contributed by atoms with Gasteiger partial charge >= 0.3 is 0 Å². The number of benzene rings is 1. The summed E-state index contributed by atoms with van der Waals surface area (Å²) in [6, 6.07) is 9.69. The van der Waals surface area contributed by atoms with Crippen LogP contribution in [0.5, 0.6) is 5.75 Å². The van der Waals surface area contributed by atoms with Crippen LogP contribution in [-0.2, 0) is 9.84 Å². The summed E-state index contributed by atoms with van der Waals surface area (Å²) in [5.74, 6) is 0.876. The summed E-state index contributed by atoms with van der Waals surface area (Å²) < 4.78 is 30.7. The van der Waals surface area contributed by atoms with Crippen molar-refractivity contribution < 1.29 is 13.2 Å². The highest BCUT2D eigenvalue weighted by molar-refractivity contribution is 7.92. The Morgan fingerprint density at radius 3 is 2.80 bits per heavy atom. The summed E-state index contributed by atoms with van der Waals surface area (Å²) in [7, 11) is -2.95. The largest absolute Gasteiger partial charge is 0.489 e. The number of sulfone groups is 1. The lowest BCUT2D eigenvalue weighted by atomic mass is 10.3. The molecule has 1 atom stereocenters. The molecule has 0 saturated carbocycles. The van der Waals surface area contributed by atoms with E-state index in [1.54, 1.807) is 17.1 Å². The van der Waals surface area contributed by atoms with E-state index in [1.165, 1.54) is 0 Å². The van der Waals surface area contributed by atoms with Gasteiger partial charge in [0.2, 0.25) is 0 Å². The quantitative estimate of drug-likeness (QED) is 0.862. The molecule has 5 nitrogen and oxygen atoms in total. The Kier molecular flexibility index (Phi) is 3.48. The van der Waals surface area contributed by atoms with Gasteiger partial charge < -0.3 is 4.74 Å². The fourth-order valence-electron chi connectivity index (χ4n) is 2.34. The Morgan fingerprint density at radius 2 is 2.10 bits per heavy atom. The highest BCUT2D eigenvalue weighted by atomic mass is 32.2. The summed E-state index contributed by atoms with van der Waals surface area (Å²) >= 11 is 0. The highest BCUT2D eigenvalue weighted by Crippen LogP contribution is 2.21. The number of rotatable bonds is 4. The minimum Gasteiger partial charge on any atom is -0.489 e. The van der Waals surface area contributed by atoms with E-state index in [0.717, 1.165) is 12.1 Å². The molecule has 20 heavy (non-hydrogen) atoms. The minimum atomic E-state index is -2.95. The monoisotopic (exact) mass is 292 g/mol. The summed E-state index contributed by atoms with van der Waals surface area (Å²) in [5, 5.41) is 3.84. The second-order valence-corrected chi connectivity index (χ2v) is 7.30. The third kappa shape index (κ3) is 2.70. The van der Waals surface area contributed by atoms with Crippen molar-refractivity contribution in [2.75, 3.05) is 12.4 Å². The third-order valence-corrected chi connectivity index (χ3v) is 5.72. The van der Waals surface area contributed by atoms with Crippen LogP contribution in [0.15, 0.2) is 42.7 Å². The molecule has 1 aromatic carbocycles. The number of hydrogen-bond donors (Lipinski definition) is 0. The van der Waals surface area contributed by atoms with Crippen LogP contribution in [0.25, 0.3) is 5.69 Å². The molecule has 0 radical (unpaired) electrons. The highest BCUT2D eigenvalue weighted by Gasteiger charge is 2.31. The number of hydrogen-bond acceptors (Lipinski definition) is 4. The van der Waals surface area contributed by atoms with Crippen LogP contribution in [0.2, 0.25) is 0 Å². The average Bonchev–Trinajstić information content (AvgIpc) is 3.04. The summed E-state index contributed by atoms with van der Waals surface area (Å²) in [6.45, 7) is 0.211. The van der Waals surface area contributed by atoms with Gasteiger partial charge in [0.15, 0.2) is 15.6 Å². The molecule has 0 N–H and O–H groups in total. The van der Waals surface area contributed by atoms with Gasteiger partial charge in [0.1, 0.15) is 6.61 Å². The van der Waals surface area contributed by atoms with Gasteiger partial charge in [0.25, 0.3) is 0 Å². The van der Waals surface area contributed by atoms with Crippen LogP contribution >= 0.6 is 0 Å². The molecule has 0 aliphatic carbocycles. The Labute approximate surface area is 118 Å². The summed E-state index contributed by atoms with van der Waals surface area (Å²) in [5.41, 5.74) is 0.941. The van der Waals surface area contributed by atoms with Crippen molar-refractivity contribution >= 4 is 9.84 Å². The van der Waals surface area contributed by atoms with Crippen molar-refractivity contribution in [1.82, 2.24) is 9.78 Å². The van der Waals surface area contributed by atoms with Gasteiger partial charge in [-0.1, -0.05) is 18.2 Å². The molecule has 6 heteroatoms. The fourth-order valence-corrected chi connectivity index (χ4v) is 4.04. The van der Waals surface area contributed by atoms with Crippen molar-refractivity contribution in [2.24, 2.45) is 0 Å². The maximum atomic E-state index is 11.7. The SMILES string of the molecule is O=S1(=O)CCCC1COc1cnn(-c2ccccc2)c1. The van der Waals surface area contributed by atoms with Gasteiger partial charge in [0.05, 0.1) is 29.1 Å². The predicted octanol–water partition coefficient (Wildman–Crippen LogP) is 1.83. The third-order valence-electron chi connectivity index (χ3n) is 3.48. The lowest BCUT2D eigenvalue weighted by molar-refractivity contribution is 0.311. The molecule has 3 rings (SSSR count). The van der Waals surface area contributed by atoms with Crippen molar-refractivity contribution in [3.63, 3.8) is 0 Å². The zero-order valence-electron chi connectivity index (χ0n) is 11.0. The molecule has 1 aliphatic rings. The molecule has 0 spiro atoms. The first-order chi connectivity index (χ1) is 9.65. The molecule has 2 aromatic rings. The number of ether oxygens (including phenoxy) is 1. The lowest BCUT2D eigenvalue weighted by Crippen LogP contribution is -2.23. The van der Waals surface area contributed by atoms with Crippen molar-refractivity contribution in [3.05, 3.63) is 42.7 Å². The number of aromatic nitrogens is 2. The lowest BCUT2D eigenvalue weighted by Gasteiger charge is -2.09. The fraction of sp³-hybridized carbons (Fsp3) is 0.357. The zero-order chi connectivity index (χ0) is 14.0.